The molecule has 3 rings (SSSR count). The molecule has 1 aliphatic heterocycles. The van der Waals surface area contributed by atoms with E-state index in [1.165, 1.54) is 0 Å². The highest BCUT2D eigenvalue weighted by molar-refractivity contribution is 5.71. The average Bonchev–Trinajstić information content (AvgIpc) is 2.63. The summed E-state index contributed by atoms with van der Waals surface area (Å²) in [5.74, 6) is 0.422. The van der Waals surface area contributed by atoms with E-state index in [1.54, 1.807) is 12.3 Å². The van der Waals surface area contributed by atoms with Crippen molar-refractivity contribution in [2.45, 2.75) is 39.7 Å². The Kier molecular flexibility index (Phi) is 6.41. The van der Waals surface area contributed by atoms with Gasteiger partial charge in [-0.25, -0.2) is 4.98 Å². The Hall–Kier alpha value is -2.74. The second-order valence-electron chi connectivity index (χ2n) is 7.17. The van der Waals surface area contributed by atoms with E-state index in [1.807, 2.05) is 26.8 Å². The Labute approximate surface area is 165 Å². The van der Waals surface area contributed by atoms with Gasteiger partial charge in [0, 0.05) is 18.2 Å². The molecule has 0 unspecified atom stereocenters. The maximum absolute atomic E-state index is 11.7. The minimum absolute atomic E-state index is 0.144. The highest BCUT2D eigenvalue weighted by atomic mass is 16.5. The van der Waals surface area contributed by atoms with E-state index in [-0.39, 0.29) is 17.8 Å². The van der Waals surface area contributed by atoms with Crippen molar-refractivity contribution in [1.82, 2.24) is 20.1 Å². The van der Waals surface area contributed by atoms with Gasteiger partial charge >= 0.3 is 5.97 Å². The summed E-state index contributed by atoms with van der Waals surface area (Å²) in [6.07, 6.45) is 3.58. The molecule has 1 fully saturated rings. The molecule has 0 bridgehead atoms. The van der Waals surface area contributed by atoms with Crippen molar-refractivity contribution in [3.8, 4) is 17.0 Å². The molecule has 1 atom stereocenters. The third-order valence-corrected chi connectivity index (χ3v) is 4.77. The Morgan fingerprint density at radius 2 is 2.18 bits per heavy atom. The number of anilines is 1. The van der Waals surface area contributed by atoms with Crippen molar-refractivity contribution < 1.29 is 14.6 Å². The second kappa shape index (κ2) is 8.97. The minimum atomic E-state index is -0.196. The molecule has 0 saturated carbocycles. The summed E-state index contributed by atoms with van der Waals surface area (Å²) in [6.45, 7) is 7.97. The Morgan fingerprint density at radius 3 is 2.86 bits per heavy atom. The first-order valence-corrected chi connectivity index (χ1v) is 9.61. The topological polar surface area (TPSA) is 100 Å². The summed E-state index contributed by atoms with van der Waals surface area (Å²) >= 11 is 0. The van der Waals surface area contributed by atoms with Gasteiger partial charge in [0.25, 0.3) is 0 Å². The molecule has 1 saturated heterocycles. The monoisotopic (exact) mass is 385 g/mol. The SMILES string of the molecule is CCOC(=O)CN1CCC[C@@H](Nc2ncc(-c3c(C)cc(C)cc3O)nn2)C1. The van der Waals surface area contributed by atoms with Crippen LogP contribution in [0, 0.1) is 13.8 Å². The molecule has 2 N–H and O–H groups in total. The van der Waals surface area contributed by atoms with Gasteiger partial charge in [-0.05, 0) is 57.4 Å². The number of nitrogens with zero attached hydrogens (tertiary/aromatic N) is 4. The van der Waals surface area contributed by atoms with Crippen LogP contribution in [0.25, 0.3) is 11.3 Å². The molecule has 8 heteroatoms. The van der Waals surface area contributed by atoms with Crippen molar-refractivity contribution in [2.24, 2.45) is 0 Å². The maximum atomic E-state index is 11.7. The van der Waals surface area contributed by atoms with Gasteiger partial charge in [-0.15, -0.1) is 10.2 Å². The summed E-state index contributed by atoms with van der Waals surface area (Å²) in [7, 11) is 0. The van der Waals surface area contributed by atoms with Crippen molar-refractivity contribution in [3.05, 3.63) is 29.5 Å². The molecule has 28 heavy (non-hydrogen) atoms. The van der Waals surface area contributed by atoms with E-state index in [9.17, 15) is 9.90 Å². The normalized spacial score (nSPS) is 17.3. The molecule has 1 aliphatic rings. The van der Waals surface area contributed by atoms with E-state index in [4.69, 9.17) is 4.74 Å². The van der Waals surface area contributed by atoms with E-state index < -0.39 is 0 Å². The first-order valence-electron chi connectivity index (χ1n) is 9.61. The Balaban J connectivity index is 1.64. The van der Waals surface area contributed by atoms with E-state index >= 15 is 0 Å². The first-order chi connectivity index (χ1) is 13.5. The van der Waals surface area contributed by atoms with Gasteiger partial charge in [-0.2, -0.15) is 0 Å². The van der Waals surface area contributed by atoms with Crippen LogP contribution in [0.5, 0.6) is 5.75 Å². The molecule has 0 spiro atoms. The van der Waals surface area contributed by atoms with E-state index in [2.05, 4.69) is 25.4 Å². The number of aryl methyl sites for hydroxylation is 2. The number of aromatic hydroxyl groups is 1. The summed E-state index contributed by atoms with van der Waals surface area (Å²) in [5, 5.41) is 21.9. The number of hydrogen-bond donors (Lipinski definition) is 2. The lowest BCUT2D eigenvalue weighted by Gasteiger charge is -2.32. The number of rotatable bonds is 6. The summed E-state index contributed by atoms with van der Waals surface area (Å²) in [6, 6.07) is 3.84. The van der Waals surface area contributed by atoms with Gasteiger partial charge in [0.15, 0.2) is 0 Å². The average molecular weight is 385 g/mol. The number of benzene rings is 1. The molecular weight excluding hydrogens is 358 g/mol. The highest BCUT2D eigenvalue weighted by Crippen LogP contribution is 2.31. The predicted molar refractivity (Wildman–Crippen MR) is 106 cm³/mol. The summed E-state index contributed by atoms with van der Waals surface area (Å²) < 4.78 is 5.02. The van der Waals surface area contributed by atoms with Crippen molar-refractivity contribution in [2.75, 3.05) is 31.6 Å². The number of carbonyl (C=O) groups is 1. The number of carbonyl (C=O) groups excluding carboxylic acids is 1. The maximum Gasteiger partial charge on any atom is 0.320 e. The predicted octanol–water partition coefficient (Wildman–Crippen LogP) is 2.30. The van der Waals surface area contributed by atoms with Crippen LogP contribution >= 0.6 is 0 Å². The molecule has 150 valence electrons. The van der Waals surface area contributed by atoms with Crippen LogP contribution in [0.2, 0.25) is 0 Å². The number of piperidine rings is 1. The van der Waals surface area contributed by atoms with Gasteiger partial charge in [-0.3, -0.25) is 9.69 Å². The lowest BCUT2D eigenvalue weighted by molar-refractivity contribution is -0.144. The van der Waals surface area contributed by atoms with Crippen LogP contribution in [-0.2, 0) is 9.53 Å². The third kappa shape index (κ3) is 4.95. The standard InChI is InChI=1S/C20H27N5O3/c1-4-28-18(27)12-25-7-5-6-15(11-25)22-20-21-10-16(23-24-20)19-14(3)8-13(2)9-17(19)26/h8-10,15,26H,4-7,11-12H2,1-3H3,(H,21,22,24)/t15-/m1/s1. The largest absolute Gasteiger partial charge is 0.507 e. The van der Waals surface area contributed by atoms with Crippen LogP contribution in [0.1, 0.15) is 30.9 Å². The fourth-order valence-electron chi connectivity index (χ4n) is 3.62. The van der Waals surface area contributed by atoms with Crippen molar-refractivity contribution >= 4 is 11.9 Å². The number of nitrogens with one attached hydrogen (secondary N) is 1. The lowest BCUT2D eigenvalue weighted by Crippen LogP contribution is -2.44. The van der Waals surface area contributed by atoms with Crippen LogP contribution in [0.15, 0.2) is 18.3 Å². The number of likely N-dealkylation sites (tertiary alicyclic amines) is 1. The second-order valence-corrected chi connectivity index (χ2v) is 7.17. The number of hydrogen-bond acceptors (Lipinski definition) is 8. The molecule has 2 heterocycles. The molecule has 0 radical (unpaired) electrons. The van der Waals surface area contributed by atoms with Gasteiger partial charge in [-0.1, -0.05) is 6.07 Å². The van der Waals surface area contributed by atoms with Gasteiger partial charge in [0.1, 0.15) is 11.4 Å². The Morgan fingerprint density at radius 1 is 1.36 bits per heavy atom. The number of aromatic nitrogens is 3. The van der Waals surface area contributed by atoms with Crippen molar-refractivity contribution in [1.29, 1.82) is 0 Å². The smallest absolute Gasteiger partial charge is 0.320 e. The highest BCUT2D eigenvalue weighted by Gasteiger charge is 2.22. The summed E-state index contributed by atoms with van der Waals surface area (Å²) in [4.78, 5) is 18.1. The fraction of sp³-hybridized carbons (Fsp3) is 0.500. The molecule has 0 aliphatic carbocycles. The van der Waals surface area contributed by atoms with Crippen LogP contribution < -0.4 is 5.32 Å². The fourth-order valence-corrected chi connectivity index (χ4v) is 3.62. The van der Waals surface area contributed by atoms with E-state index in [0.29, 0.717) is 30.4 Å². The number of ether oxygens (including phenoxy) is 1. The quantitative estimate of drug-likeness (QED) is 0.731. The molecular formula is C20H27N5O3. The first kappa shape index (κ1) is 20.0. The third-order valence-electron chi connectivity index (χ3n) is 4.77. The summed E-state index contributed by atoms with van der Waals surface area (Å²) in [5.41, 5.74) is 3.10. The lowest BCUT2D eigenvalue weighted by atomic mass is 10.0. The van der Waals surface area contributed by atoms with Crippen LogP contribution in [0.3, 0.4) is 0 Å². The number of phenols is 1. The Bertz CT molecular complexity index is 802. The molecule has 0 amide bonds. The van der Waals surface area contributed by atoms with Gasteiger partial charge < -0.3 is 15.2 Å². The molecule has 2 aromatic rings. The molecule has 1 aromatic carbocycles. The van der Waals surface area contributed by atoms with Crippen LogP contribution in [-0.4, -0.2) is 63.4 Å². The zero-order valence-corrected chi connectivity index (χ0v) is 16.6. The molecule has 1 aromatic heterocycles. The van der Waals surface area contributed by atoms with Gasteiger partial charge in [0.05, 0.1) is 19.3 Å². The van der Waals surface area contributed by atoms with Crippen LogP contribution in [0.4, 0.5) is 5.95 Å². The van der Waals surface area contributed by atoms with Gasteiger partial charge in [0.2, 0.25) is 5.95 Å². The van der Waals surface area contributed by atoms with E-state index in [0.717, 1.165) is 37.1 Å². The minimum Gasteiger partial charge on any atom is -0.507 e. The zero-order chi connectivity index (χ0) is 20.1. The van der Waals surface area contributed by atoms with Crippen molar-refractivity contribution in [3.63, 3.8) is 0 Å². The number of esters is 1. The zero-order valence-electron chi connectivity index (χ0n) is 16.6. The number of phenolic OH excluding ortho intramolecular Hbond substituents is 1. The molecule has 8 nitrogen and oxygen atoms in total.